The van der Waals surface area contributed by atoms with Crippen molar-refractivity contribution in [3.8, 4) is 11.8 Å². The summed E-state index contributed by atoms with van der Waals surface area (Å²) in [6.07, 6.45) is 9.14. The average molecular weight is 207 g/mol. The van der Waals surface area contributed by atoms with Gasteiger partial charge in [0.15, 0.2) is 0 Å². The first-order valence-corrected chi connectivity index (χ1v) is 6.51. The van der Waals surface area contributed by atoms with Gasteiger partial charge in [-0.05, 0) is 38.8 Å². The third-order valence-electron chi connectivity index (χ3n) is 3.13. The second kappa shape index (κ2) is 7.77. The highest BCUT2D eigenvalue weighted by Crippen LogP contribution is 2.40. The molecule has 1 aliphatic rings. The summed E-state index contributed by atoms with van der Waals surface area (Å²) >= 11 is 0. The lowest BCUT2D eigenvalue weighted by atomic mass is 10.1. The molecule has 1 fully saturated rings. The number of nitrogens with one attached hydrogen (secondary N) is 1. The molecule has 15 heavy (non-hydrogen) atoms. The fourth-order valence-electron chi connectivity index (χ4n) is 1.92. The van der Waals surface area contributed by atoms with Crippen molar-refractivity contribution in [1.29, 1.82) is 0 Å². The van der Waals surface area contributed by atoms with Gasteiger partial charge in [-0.15, -0.1) is 5.92 Å². The molecular weight excluding hydrogens is 182 g/mol. The van der Waals surface area contributed by atoms with Gasteiger partial charge >= 0.3 is 0 Å². The average Bonchev–Trinajstić information content (AvgIpc) is 2.99. The molecule has 1 nitrogen and oxygen atoms in total. The standard InChI is InChI=1S/C14H25N/c1-3-4-5-6-7-8-9-13-12-14(13)10-11-15-2/h13-15H,3-7,10-12H2,1-2H3/t13-,14?/m1/s1. The smallest absolute Gasteiger partial charge is 0.0235 e. The molecule has 0 saturated heterocycles. The molecule has 1 saturated carbocycles. The summed E-state index contributed by atoms with van der Waals surface area (Å²) in [5, 5.41) is 3.20. The first-order valence-electron chi connectivity index (χ1n) is 6.51. The van der Waals surface area contributed by atoms with Crippen LogP contribution in [-0.2, 0) is 0 Å². The summed E-state index contributed by atoms with van der Waals surface area (Å²) in [7, 11) is 2.02. The van der Waals surface area contributed by atoms with E-state index in [1.54, 1.807) is 0 Å². The third-order valence-corrected chi connectivity index (χ3v) is 3.13. The summed E-state index contributed by atoms with van der Waals surface area (Å²) in [6.45, 7) is 3.40. The van der Waals surface area contributed by atoms with Crippen LogP contribution in [0.15, 0.2) is 0 Å². The van der Waals surface area contributed by atoms with Crippen molar-refractivity contribution in [2.75, 3.05) is 13.6 Å². The molecule has 1 heteroatoms. The van der Waals surface area contributed by atoms with E-state index >= 15 is 0 Å². The van der Waals surface area contributed by atoms with Gasteiger partial charge in [-0.1, -0.05) is 32.1 Å². The second-order valence-electron chi connectivity index (χ2n) is 4.63. The molecular formula is C14H25N. The normalized spacial score (nSPS) is 23.3. The molecule has 1 N–H and O–H groups in total. The van der Waals surface area contributed by atoms with Crippen molar-refractivity contribution in [2.45, 2.75) is 51.9 Å². The molecule has 86 valence electrons. The van der Waals surface area contributed by atoms with Crippen molar-refractivity contribution < 1.29 is 0 Å². The van der Waals surface area contributed by atoms with E-state index < -0.39 is 0 Å². The summed E-state index contributed by atoms with van der Waals surface area (Å²) in [4.78, 5) is 0. The molecule has 0 heterocycles. The highest BCUT2D eigenvalue weighted by molar-refractivity contribution is 5.12. The maximum atomic E-state index is 3.41. The Hall–Kier alpha value is -0.480. The Labute approximate surface area is 95.0 Å². The highest BCUT2D eigenvalue weighted by atomic mass is 14.8. The lowest BCUT2D eigenvalue weighted by Gasteiger charge is -1.94. The predicted octanol–water partition coefficient (Wildman–Crippen LogP) is 3.21. The lowest BCUT2D eigenvalue weighted by Crippen LogP contribution is -2.08. The fraction of sp³-hybridized carbons (Fsp3) is 0.857. The zero-order valence-corrected chi connectivity index (χ0v) is 10.3. The van der Waals surface area contributed by atoms with Crippen LogP contribution in [0.5, 0.6) is 0 Å². The van der Waals surface area contributed by atoms with E-state index in [4.69, 9.17) is 0 Å². The van der Waals surface area contributed by atoms with Crippen LogP contribution in [0.25, 0.3) is 0 Å². The molecule has 0 aromatic carbocycles. The van der Waals surface area contributed by atoms with Gasteiger partial charge in [0.05, 0.1) is 0 Å². The molecule has 1 unspecified atom stereocenters. The molecule has 0 bridgehead atoms. The molecule has 0 aromatic rings. The van der Waals surface area contributed by atoms with E-state index in [-0.39, 0.29) is 0 Å². The van der Waals surface area contributed by atoms with E-state index in [2.05, 4.69) is 24.1 Å². The number of unbranched alkanes of at least 4 members (excludes halogenated alkanes) is 4. The van der Waals surface area contributed by atoms with Crippen molar-refractivity contribution in [1.82, 2.24) is 5.32 Å². The van der Waals surface area contributed by atoms with Gasteiger partial charge in [-0.25, -0.2) is 0 Å². The van der Waals surface area contributed by atoms with E-state index in [0.717, 1.165) is 24.8 Å². The largest absolute Gasteiger partial charge is 0.320 e. The van der Waals surface area contributed by atoms with Gasteiger partial charge in [-0.2, -0.15) is 0 Å². The topological polar surface area (TPSA) is 12.0 Å². The Bertz CT molecular complexity index is 211. The number of rotatable bonds is 7. The van der Waals surface area contributed by atoms with Gasteiger partial charge in [0.25, 0.3) is 0 Å². The Morgan fingerprint density at radius 2 is 2.13 bits per heavy atom. The highest BCUT2D eigenvalue weighted by Gasteiger charge is 2.34. The van der Waals surface area contributed by atoms with Crippen LogP contribution in [0.1, 0.15) is 51.9 Å². The molecule has 0 amide bonds. The van der Waals surface area contributed by atoms with E-state index in [1.165, 1.54) is 38.5 Å². The van der Waals surface area contributed by atoms with E-state index in [1.807, 2.05) is 7.05 Å². The van der Waals surface area contributed by atoms with Crippen LogP contribution < -0.4 is 5.32 Å². The summed E-state index contributed by atoms with van der Waals surface area (Å²) in [5.41, 5.74) is 0. The maximum absolute atomic E-state index is 3.41. The second-order valence-corrected chi connectivity index (χ2v) is 4.63. The summed E-state index contributed by atoms with van der Waals surface area (Å²) in [6, 6.07) is 0. The Morgan fingerprint density at radius 3 is 2.87 bits per heavy atom. The zero-order valence-electron chi connectivity index (χ0n) is 10.3. The molecule has 0 aliphatic heterocycles. The fourth-order valence-corrected chi connectivity index (χ4v) is 1.92. The van der Waals surface area contributed by atoms with Crippen LogP contribution in [0.4, 0.5) is 0 Å². The summed E-state index contributed by atoms with van der Waals surface area (Å²) in [5.74, 6) is 8.40. The first-order chi connectivity index (χ1) is 7.38. The lowest BCUT2D eigenvalue weighted by molar-refractivity contribution is 0.649. The Morgan fingerprint density at radius 1 is 1.27 bits per heavy atom. The minimum absolute atomic E-state index is 0.740. The van der Waals surface area contributed by atoms with Crippen LogP contribution in [0.3, 0.4) is 0 Å². The number of hydrogen-bond donors (Lipinski definition) is 1. The van der Waals surface area contributed by atoms with Crippen molar-refractivity contribution in [3.05, 3.63) is 0 Å². The number of hydrogen-bond acceptors (Lipinski definition) is 1. The van der Waals surface area contributed by atoms with Gasteiger partial charge in [-0.3, -0.25) is 0 Å². The van der Waals surface area contributed by atoms with Crippen LogP contribution in [-0.4, -0.2) is 13.6 Å². The van der Waals surface area contributed by atoms with Gasteiger partial charge in [0.2, 0.25) is 0 Å². The maximum Gasteiger partial charge on any atom is 0.0235 e. The molecule has 1 rings (SSSR count). The molecule has 0 aromatic heterocycles. The van der Waals surface area contributed by atoms with Gasteiger partial charge in [0.1, 0.15) is 0 Å². The third kappa shape index (κ3) is 5.85. The minimum Gasteiger partial charge on any atom is -0.320 e. The van der Waals surface area contributed by atoms with Gasteiger partial charge in [0, 0.05) is 12.3 Å². The molecule has 0 radical (unpaired) electrons. The van der Waals surface area contributed by atoms with Crippen LogP contribution in [0, 0.1) is 23.7 Å². The quantitative estimate of drug-likeness (QED) is 0.499. The summed E-state index contributed by atoms with van der Waals surface area (Å²) < 4.78 is 0. The molecule has 0 spiro atoms. The van der Waals surface area contributed by atoms with Crippen LogP contribution in [0.2, 0.25) is 0 Å². The SMILES string of the molecule is CCCCCCC#C[C@@H]1CC1CCNC. The first kappa shape index (κ1) is 12.6. The van der Waals surface area contributed by atoms with Crippen molar-refractivity contribution in [2.24, 2.45) is 11.8 Å². The van der Waals surface area contributed by atoms with E-state index in [0.29, 0.717) is 0 Å². The Kier molecular flexibility index (Phi) is 6.52. The zero-order chi connectivity index (χ0) is 10.9. The van der Waals surface area contributed by atoms with Crippen molar-refractivity contribution >= 4 is 0 Å². The minimum atomic E-state index is 0.740. The predicted molar refractivity (Wildman–Crippen MR) is 66.7 cm³/mol. The molecule has 2 atom stereocenters. The van der Waals surface area contributed by atoms with Crippen LogP contribution >= 0.6 is 0 Å². The van der Waals surface area contributed by atoms with Gasteiger partial charge < -0.3 is 5.32 Å². The van der Waals surface area contributed by atoms with E-state index in [9.17, 15) is 0 Å². The monoisotopic (exact) mass is 207 g/mol. The van der Waals surface area contributed by atoms with Crippen molar-refractivity contribution in [3.63, 3.8) is 0 Å². The molecule has 1 aliphatic carbocycles. The Balaban J connectivity index is 1.94.